The van der Waals surface area contributed by atoms with Crippen molar-refractivity contribution in [3.63, 3.8) is 0 Å². The number of likely N-dealkylation sites (tertiary alicyclic amines) is 1. The largest absolute Gasteiger partial charge is 0.344 e. The molecule has 0 spiro atoms. The lowest BCUT2D eigenvalue weighted by Crippen LogP contribution is -2.43. The third-order valence-electron chi connectivity index (χ3n) is 3.57. The van der Waals surface area contributed by atoms with Gasteiger partial charge in [0.25, 0.3) is 0 Å². The van der Waals surface area contributed by atoms with Crippen LogP contribution in [0.25, 0.3) is 0 Å². The van der Waals surface area contributed by atoms with E-state index in [4.69, 9.17) is 5.73 Å². The van der Waals surface area contributed by atoms with Gasteiger partial charge in [-0.3, -0.25) is 10.6 Å². The standard InChI is InChI=1S/C13H21N4/c1-3-17-9-5-7-12(17)16(2)13-11(10-14)6-4-8-15-13/h4,6,8,12,14H,3,5,7,9-10H2,1-2H3. The first-order valence-corrected chi connectivity index (χ1v) is 6.33. The maximum absolute atomic E-state index is 7.56. The van der Waals surface area contributed by atoms with Crippen LogP contribution < -0.4 is 10.6 Å². The fraction of sp³-hybridized carbons (Fsp3) is 0.615. The lowest BCUT2D eigenvalue weighted by Gasteiger charge is -2.33. The van der Waals surface area contributed by atoms with Crippen LogP contribution in [-0.2, 0) is 6.54 Å². The second-order valence-electron chi connectivity index (χ2n) is 4.53. The normalized spacial score (nSPS) is 20.8. The van der Waals surface area contributed by atoms with Crippen LogP contribution in [0.15, 0.2) is 18.3 Å². The molecule has 2 heterocycles. The lowest BCUT2D eigenvalue weighted by molar-refractivity contribution is 0.264. The summed E-state index contributed by atoms with van der Waals surface area (Å²) in [5, 5.41) is 0. The average Bonchev–Trinajstić information content (AvgIpc) is 2.86. The van der Waals surface area contributed by atoms with Crippen molar-refractivity contribution >= 4 is 5.82 Å². The molecule has 1 aliphatic rings. The van der Waals surface area contributed by atoms with Crippen molar-refractivity contribution in [3.05, 3.63) is 23.9 Å². The smallest absolute Gasteiger partial charge is 0.134 e. The van der Waals surface area contributed by atoms with E-state index in [1.807, 2.05) is 18.3 Å². The lowest BCUT2D eigenvalue weighted by atomic mass is 10.2. The van der Waals surface area contributed by atoms with Crippen LogP contribution in [0.4, 0.5) is 5.82 Å². The van der Waals surface area contributed by atoms with Gasteiger partial charge in [0.05, 0.1) is 6.17 Å². The van der Waals surface area contributed by atoms with E-state index in [0.717, 1.165) is 17.9 Å². The number of hydrogen-bond donors (Lipinski definition) is 0. The number of nitrogens with zero attached hydrogens (tertiary/aromatic N) is 3. The van der Waals surface area contributed by atoms with Crippen molar-refractivity contribution < 1.29 is 0 Å². The third kappa shape index (κ3) is 2.42. The van der Waals surface area contributed by atoms with E-state index >= 15 is 0 Å². The Kier molecular flexibility index (Phi) is 3.97. The molecule has 4 heteroatoms. The first-order chi connectivity index (χ1) is 8.27. The molecular formula is C13H21N4. The molecule has 93 valence electrons. The first kappa shape index (κ1) is 12.3. The molecule has 0 amide bonds. The number of pyridine rings is 1. The fourth-order valence-corrected chi connectivity index (χ4v) is 2.64. The summed E-state index contributed by atoms with van der Waals surface area (Å²) in [6.45, 7) is 4.76. The van der Waals surface area contributed by atoms with E-state index in [9.17, 15) is 0 Å². The molecule has 1 atom stereocenters. The Balaban J connectivity index is 2.21. The van der Waals surface area contributed by atoms with E-state index in [1.165, 1.54) is 19.4 Å². The molecule has 0 saturated carbocycles. The highest BCUT2D eigenvalue weighted by Gasteiger charge is 2.28. The third-order valence-corrected chi connectivity index (χ3v) is 3.57. The van der Waals surface area contributed by atoms with Gasteiger partial charge in [0, 0.05) is 31.9 Å². The molecule has 17 heavy (non-hydrogen) atoms. The second-order valence-corrected chi connectivity index (χ2v) is 4.53. The Labute approximate surface area is 103 Å². The zero-order valence-electron chi connectivity index (χ0n) is 10.7. The highest BCUT2D eigenvalue weighted by atomic mass is 15.4. The molecule has 2 rings (SSSR count). The summed E-state index contributed by atoms with van der Waals surface area (Å²) in [6.07, 6.45) is 4.71. The van der Waals surface area contributed by atoms with Crippen molar-refractivity contribution in [2.24, 2.45) is 0 Å². The molecule has 1 radical (unpaired) electrons. The predicted molar refractivity (Wildman–Crippen MR) is 69.7 cm³/mol. The minimum atomic E-state index is 0.298. The van der Waals surface area contributed by atoms with Gasteiger partial charge in [-0.2, -0.15) is 0 Å². The molecule has 1 saturated heterocycles. The predicted octanol–water partition coefficient (Wildman–Crippen LogP) is 1.74. The van der Waals surface area contributed by atoms with Gasteiger partial charge >= 0.3 is 0 Å². The summed E-state index contributed by atoms with van der Waals surface area (Å²) in [6, 6.07) is 3.91. The summed E-state index contributed by atoms with van der Waals surface area (Å²) >= 11 is 0. The second kappa shape index (κ2) is 5.47. The van der Waals surface area contributed by atoms with Crippen LogP contribution in [-0.4, -0.2) is 36.2 Å². The first-order valence-electron chi connectivity index (χ1n) is 6.33. The van der Waals surface area contributed by atoms with E-state index in [0.29, 0.717) is 12.7 Å². The molecule has 4 nitrogen and oxygen atoms in total. The van der Waals surface area contributed by atoms with Gasteiger partial charge in [-0.15, -0.1) is 0 Å². The molecule has 1 N–H and O–H groups in total. The Morgan fingerprint density at radius 1 is 1.59 bits per heavy atom. The topological polar surface area (TPSA) is 43.2 Å². The summed E-state index contributed by atoms with van der Waals surface area (Å²) in [5.41, 5.74) is 8.58. The molecule has 1 unspecified atom stereocenters. The quantitative estimate of drug-likeness (QED) is 0.795. The van der Waals surface area contributed by atoms with E-state index in [2.05, 4.69) is 28.8 Å². The minimum absolute atomic E-state index is 0.298. The minimum Gasteiger partial charge on any atom is -0.344 e. The SMILES string of the molecule is CCN1CCCC1N(C)c1ncccc1C[NH]. The van der Waals surface area contributed by atoms with Gasteiger partial charge in [0.15, 0.2) is 0 Å². The molecule has 1 aromatic rings. The van der Waals surface area contributed by atoms with E-state index < -0.39 is 0 Å². The average molecular weight is 233 g/mol. The summed E-state index contributed by atoms with van der Waals surface area (Å²) in [5.74, 6) is 0.966. The van der Waals surface area contributed by atoms with Crippen LogP contribution in [0, 0.1) is 0 Å². The van der Waals surface area contributed by atoms with Crippen LogP contribution in [0.3, 0.4) is 0 Å². The van der Waals surface area contributed by atoms with Crippen LogP contribution in [0.1, 0.15) is 25.3 Å². The van der Waals surface area contributed by atoms with E-state index in [-0.39, 0.29) is 0 Å². The molecule has 1 fully saturated rings. The van der Waals surface area contributed by atoms with Gasteiger partial charge in [-0.05, 0) is 25.5 Å². The van der Waals surface area contributed by atoms with Gasteiger partial charge in [-0.25, -0.2) is 4.98 Å². The Morgan fingerprint density at radius 2 is 2.41 bits per heavy atom. The van der Waals surface area contributed by atoms with Gasteiger partial charge in [-0.1, -0.05) is 13.0 Å². The highest BCUT2D eigenvalue weighted by Crippen LogP contribution is 2.25. The number of hydrogen-bond acceptors (Lipinski definition) is 3. The maximum atomic E-state index is 7.56. The molecule has 1 aliphatic heterocycles. The van der Waals surface area contributed by atoms with Crippen molar-refractivity contribution in [2.45, 2.75) is 32.5 Å². The molecule has 0 bridgehead atoms. The summed E-state index contributed by atoms with van der Waals surface area (Å²) in [7, 11) is 2.10. The van der Waals surface area contributed by atoms with E-state index in [1.54, 1.807) is 0 Å². The zero-order chi connectivity index (χ0) is 12.3. The number of nitrogens with one attached hydrogen (secondary N) is 1. The van der Waals surface area contributed by atoms with Crippen molar-refractivity contribution in [1.82, 2.24) is 15.6 Å². The summed E-state index contributed by atoms with van der Waals surface area (Å²) < 4.78 is 0. The molecule has 0 aliphatic carbocycles. The zero-order valence-corrected chi connectivity index (χ0v) is 10.7. The van der Waals surface area contributed by atoms with Crippen molar-refractivity contribution in [2.75, 3.05) is 25.0 Å². The molecule has 0 aromatic carbocycles. The summed E-state index contributed by atoms with van der Waals surface area (Å²) in [4.78, 5) is 9.15. The number of rotatable bonds is 4. The maximum Gasteiger partial charge on any atom is 0.134 e. The number of aromatic nitrogens is 1. The van der Waals surface area contributed by atoms with Gasteiger partial charge in [0.1, 0.15) is 5.82 Å². The Bertz CT molecular complexity index is 366. The van der Waals surface area contributed by atoms with Crippen molar-refractivity contribution in [3.8, 4) is 0 Å². The highest BCUT2D eigenvalue weighted by molar-refractivity contribution is 5.46. The van der Waals surface area contributed by atoms with Crippen LogP contribution in [0.2, 0.25) is 0 Å². The Morgan fingerprint density at radius 3 is 3.12 bits per heavy atom. The monoisotopic (exact) mass is 233 g/mol. The van der Waals surface area contributed by atoms with Crippen LogP contribution >= 0.6 is 0 Å². The van der Waals surface area contributed by atoms with Gasteiger partial charge in [0.2, 0.25) is 0 Å². The molecule has 1 aromatic heterocycles. The van der Waals surface area contributed by atoms with Gasteiger partial charge < -0.3 is 4.90 Å². The number of anilines is 1. The van der Waals surface area contributed by atoms with Crippen LogP contribution in [0.5, 0.6) is 0 Å². The van der Waals surface area contributed by atoms with Crippen molar-refractivity contribution in [1.29, 1.82) is 0 Å². The Hall–Kier alpha value is -1.13. The molecular weight excluding hydrogens is 212 g/mol. The fourth-order valence-electron chi connectivity index (χ4n) is 2.64.